The van der Waals surface area contributed by atoms with Gasteiger partial charge >= 0.3 is 0 Å². The van der Waals surface area contributed by atoms with E-state index in [1.807, 2.05) is 6.92 Å². The minimum absolute atomic E-state index is 0.0354. The van der Waals surface area contributed by atoms with Crippen molar-refractivity contribution in [1.82, 2.24) is 9.21 Å². The number of hydrogen-bond donors (Lipinski definition) is 2. The van der Waals surface area contributed by atoms with Gasteiger partial charge in [0.15, 0.2) is 0 Å². The number of benzene rings is 3. The molecule has 1 amide bonds. The highest BCUT2D eigenvalue weighted by Crippen LogP contribution is 2.30. The van der Waals surface area contributed by atoms with Crippen LogP contribution in [0.25, 0.3) is 0 Å². The molecule has 0 spiro atoms. The Balaban J connectivity index is 1.68. The van der Waals surface area contributed by atoms with Gasteiger partial charge in [0, 0.05) is 30.8 Å². The van der Waals surface area contributed by atoms with Crippen molar-refractivity contribution in [3.8, 4) is 5.75 Å². The van der Waals surface area contributed by atoms with Gasteiger partial charge in [-0.2, -0.15) is 4.31 Å². The van der Waals surface area contributed by atoms with Gasteiger partial charge < -0.3 is 14.7 Å². The van der Waals surface area contributed by atoms with Gasteiger partial charge in [0.05, 0.1) is 35.4 Å². The van der Waals surface area contributed by atoms with E-state index in [9.17, 15) is 31.1 Å². The van der Waals surface area contributed by atoms with Crippen molar-refractivity contribution in [1.29, 1.82) is 0 Å². The molecule has 42 heavy (non-hydrogen) atoms. The molecule has 0 saturated heterocycles. The van der Waals surface area contributed by atoms with Crippen molar-refractivity contribution < 1.29 is 35.9 Å². The highest BCUT2D eigenvalue weighted by atomic mass is 32.2. The number of nitrogens with zero attached hydrogens (tertiary/aromatic N) is 2. The average Bonchev–Trinajstić information content (AvgIpc) is 3.00. The molecule has 0 radical (unpaired) electrons. The lowest BCUT2D eigenvalue weighted by atomic mass is 10.0. The summed E-state index contributed by atoms with van der Waals surface area (Å²) in [6.07, 6.45) is -0.850. The van der Waals surface area contributed by atoms with E-state index in [0.717, 1.165) is 24.3 Å². The molecule has 0 aromatic heterocycles. The normalized spacial score (nSPS) is 18.8. The second kappa shape index (κ2) is 12.8. The second-order valence-corrected chi connectivity index (χ2v) is 14.1. The lowest BCUT2D eigenvalue weighted by Crippen LogP contribution is -2.48. The Morgan fingerprint density at radius 2 is 1.71 bits per heavy atom. The summed E-state index contributed by atoms with van der Waals surface area (Å²) in [4.78, 5) is 14.9. The summed E-state index contributed by atoms with van der Waals surface area (Å²) in [5, 5.41) is 9.85. The fourth-order valence-electron chi connectivity index (χ4n) is 4.66. The number of carbonyl (C=O) groups is 1. The van der Waals surface area contributed by atoms with Gasteiger partial charge in [0.2, 0.25) is 15.9 Å². The number of hydrogen-bond acceptors (Lipinski definition) is 7. The van der Waals surface area contributed by atoms with Crippen LogP contribution in [0.5, 0.6) is 5.75 Å². The van der Waals surface area contributed by atoms with Crippen LogP contribution in [0.4, 0.5) is 10.1 Å². The molecule has 226 valence electrons. The monoisotopic (exact) mass is 619 g/mol. The third-order valence-corrected chi connectivity index (χ3v) is 10.4. The topological polar surface area (TPSA) is 133 Å². The summed E-state index contributed by atoms with van der Waals surface area (Å²) in [7, 11) is -6.44. The summed E-state index contributed by atoms with van der Waals surface area (Å²) in [5.41, 5.74) is 0.533. The van der Waals surface area contributed by atoms with Crippen molar-refractivity contribution in [3.63, 3.8) is 0 Å². The molecule has 1 aliphatic rings. The van der Waals surface area contributed by atoms with Crippen LogP contribution in [0, 0.1) is 11.7 Å². The zero-order valence-corrected chi connectivity index (χ0v) is 25.1. The number of rotatable bonds is 9. The van der Waals surface area contributed by atoms with Crippen LogP contribution < -0.4 is 9.46 Å². The van der Waals surface area contributed by atoms with Gasteiger partial charge in [0.25, 0.3) is 10.0 Å². The van der Waals surface area contributed by atoms with Crippen LogP contribution in [0.2, 0.25) is 0 Å². The molecular formula is C29H34FN3O7S2. The maximum absolute atomic E-state index is 13.4. The summed E-state index contributed by atoms with van der Waals surface area (Å²) in [5.74, 6) is -0.931. The Labute approximate surface area is 245 Å². The van der Waals surface area contributed by atoms with E-state index in [4.69, 9.17) is 4.74 Å². The molecule has 4 rings (SSSR count). The standard InChI is InChI=1S/C29H34FN3O7S2/c1-20-17-33(21(2)19-34)29(35)16-22-15-24(31-41(36,37)25-12-9-23(30)10-13-25)11-14-27(22)40-28(20)18-32(3)42(38,39)26-7-5-4-6-8-26/h4-15,20-21,28,31,34H,16-19H2,1-3H3/t20-,21+,28+/m1/s1. The molecule has 0 unspecified atom stereocenters. The number of fused-ring (bicyclic) bond motifs is 1. The molecule has 3 atom stereocenters. The summed E-state index contributed by atoms with van der Waals surface area (Å²) in [6, 6.07) is 16.3. The number of ether oxygens (including phenoxy) is 1. The van der Waals surface area contributed by atoms with Crippen LogP contribution in [-0.4, -0.2) is 75.9 Å². The molecule has 3 aromatic carbocycles. The predicted octanol–water partition coefficient (Wildman–Crippen LogP) is 3.10. The van der Waals surface area contributed by atoms with E-state index in [0.29, 0.717) is 11.3 Å². The third-order valence-electron chi connectivity index (χ3n) is 7.18. The highest BCUT2D eigenvalue weighted by molar-refractivity contribution is 7.92. The van der Waals surface area contributed by atoms with Crippen molar-refractivity contribution >= 4 is 31.6 Å². The van der Waals surface area contributed by atoms with Crippen molar-refractivity contribution in [2.24, 2.45) is 5.92 Å². The zero-order chi connectivity index (χ0) is 30.7. The molecule has 0 bridgehead atoms. The Hall–Kier alpha value is -3.52. The largest absolute Gasteiger partial charge is 0.488 e. The van der Waals surface area contributed by atoms with Gasteiger partial charge in [-0.15, -0.1) is 0 Å². The number of likely N-dealkylation sites (N-methyl/N-ethyl adjacent to an activating group) is 1. The maximum Gasteiger partial charge on any atom is 0.261 e. The first-order valence-electron chi connectivity index (χ1n) is 13.3. The van der Waals surface area contributed by atoms with E-state index in [1.54, 1.807) is 25.1 Å². The van der Waals surface area contributed by atoms with Crippen molar-refractivity contribution in [2.45, 2.75) is 42.2 Å². The molecule has 10 nitrogen and oxygen atoms in total. The quantitative estimate of drug-likeness (QED) is 0.376. The van der Waals surface area contributed by atoms with E-state index < -0.39 is 38.0 Å². The molecule has 0 saturated carbocycles. The Morgan fingerprint density at radius 1 is 1.05 bits per heavy atom. The SMILES string of the molecule is C[C@@H]1CN([C@@H](C)CO)C(=O)Cc2cc(NS(=O)(=O)c3ccc(F)cc3)ccc2O[C@H]1CN(C)S(=O)(=O)c1ccccc1. The van der Waals surface area contributed by atoms with Gasteiger partial charge in [-0.05, 0) is 61.5 Å². The fraction of sp³-hybridized carbons (Fsp3) is 0.345. The summed E-state index contributed by atoms with van der Waals surface area (Å²) < 4.78 is 75.6. The molecule has 13 heteroatoms. The van der Waals surface area contributed by atoms with Crippen molar-refractivity contribution in [3.05, 3.63) is 84.2 Å². The Bertz CT molecular complexity index is 1620. The number of aliphatic hydroxyl groups excluding tert-OH is 1. The number of anilines is 1. The van der Waals surface area contributed by atoms with Gasteiger partial charge in [-0.3, -0.25) is 9.52 Å². The lowest BCUT2D eigenvalue weighted by Gasteiger charge is -2.33. The molecule has 0 fully saturated rings. The van der Waals surface area contributed by atoms with Gasteiger partial charge in [0.1, 0.15) is 17.7 Å². The van der Waals surface area contributed by atoms with Gasteiger partial charge in [-0.1, -0.05) is 25.1 Å². The Morgan fingerprint density at radius 3 is 2.36 bits per heavy atom. The average molecular weight is 620 g/mol. The predicted molar refractivity (Wildman–Crippen MR) is 155 cm³/mol. The molecule has 1 aliphatic heterocycles. The lowest BCUT2D eigenvalue weighted by molar-refractivity contribution is -0.134. The van der Waals surface area contributed by atoms with E-state index in [2.05, 4.69) is 4.72 Å². The minimum atomic E-state index is -4.06. The van der Waals surface area contributed by atoms with Crippen LogP contribution >= 0.6 is 0 Å². The highest BCUT2D eigenvalue weighted by Gasteiger charge is 2.33. The molecule has 0 aliphatic carbocycles. The van der Waals surface area contributed by atoms with Gasteiger partial charge in [-0.25, -0.2) is 21.2 Å². The van der Waals surface area contributed by atoms with Crippen LogP contribution in [0.3, 0.4) is 0 Å². The number of nitrogens with one attached hydrogen (secondary N) is 1. The zero-order valence-electron chi connectivity index (χ0n) is 23.5. The number of amides is 1. The van der Waals surface area contributed by atoms with Crippen LogP contribution in [0.15, 0.2) is 82.6 Å². The summed E-state index contributed by atoms with van der Waals surface area (Å²) >= 11 is 0. The smallest absolute Gasteiger partial charge is 0.261 e. The fourth-order valence-corrected chi connectivity index (χ4v) is 6.92. The molecule has 2 N–H and O–H groups in total. The van der Waals surface area contributed by atoms with Crippen LogP contribution in [0.1, 0.15) is 19.4 Å². The first-order valence-corrected chi connectivity index (χ1v) is 16.2. The van der Waals surface area contributed by atoms with Crippen LogP contribution in [-0.2, 0) is 31.3 Å². The maximum atomic E-state index is 13.4. The number of carbonyl (C=O) groups excluding carboxylic acids is 1. The third kappa shape index (κ3) is 7.09. The molecular weight excluding hydrogens is 585 g/mol. The molecule has 3 aromatic rings. The number of halogens is 1. The first-order chi connectivity index (χ1) is 19.8. The van der Waals surface area contributed by atoms with E-state index in [-0.39, 0.29) is 53.4 Å². The second-order valence-electron chi connectivity index (χ2n) is 10.4. The number of aliphatic hydroxyl groups is 1. The van der Waals surface area contributed by atoms with E-state index >= 15 is 0 Å². The first kappa shape index (κ1) is 31.4. The Kier molecular flexibility index (Phi) is 9.56. The minimum Gasteiger partial charge on any atom is -0.488 e. The summed E-state index contributed by atoms with van der Waals surface area (Å²) in [6.45, 7) is 3.43. The van der Waals surface area contributed by atoms with Crippen molar-refractivity contribution in [2.75, 3.05) is 31.5 Å². The molecule has 1 heterocycles. The van der Waals surface area contributed by atoms with E-state index in [1.165, 1.54) is 46.6 Å². The number of sulfonamides is 2.